The summed E-state index contributed by atoms with van der Waals surface area (Å²) in [7, 11) is 0. The first-order chi connectivity index (χ1) is 14.0. The smallest absolute Gasteiger partial charge is 0.259 e. The number of carbonyl (C=O) groups excluding carboxylic acids is 1. The molecule has 0 radical (unpaired) electrons. The number of hydrogen-bond donors (Lipinski definition) is 1. The van der Waals surface area contributed by atoms with Gasteiger partial charge in [0.05, 0.1) is 18.3 Å². The summed E-state index contributed by atoms with van der Waals surface area (Å²) in [6, 6.07) is 12.8. The second-order valence-electron chi connectivity index (χ2n) is 7.60. The highest BCUT2D eigenvalue weighted by Gasteiger charge is 2.16. The monoisotopic (exact) mass is 461 g/mol. The molecule has 0 spiro atoms. The van der Waals surface area contributed by atoms with E-state index in [0.29, 0.717) is 36.1 Å². The minimum Gasteiger partial charge on any atom is -0.493 e. The molecule has 0 aromatic heterocycles. The van der Waals surface area contributed by atoms with Crippen LogP contribution in [0.5, 0.6) is 11.5 Å². The minimum atomic E-state index is -0.209. The van der Waals surface area contributed by atoms with E-state index in [4.69, 9.17) is 14.2 Å². The molecule has 0 saturated carbocycles. The molecule has 1 saturated heterocycles. The molecule has 5 nitrogen and oxygen atoms in total. The Morgan fingerprint density at radius 3 is 2.69 bits per heavy atom. The number of nitrogens with one attached hydrogen (secondary N) is 1. The fourth-order valence-corrected chi connectivity index (χ4v) is 3.37. The second-order valence-corrected chi connectivity index (χ2v) is 8.51. The molecule has 1 aliphatic heterocycles. The van der Waals surface area contributed by atoms with E-state index in [1.807, 2.05) is 36.4 Å². The summed E-state index contributed by atoms with van der Waals surface area (Å²) in [5.41, 5.74) is 1.20. The summed E-state index contributed by atoms with van der Waals surface area (Å²) < 4.78 is 18.0. The molecule has 1 fully saturated rings. The van der Waals surface area contributed by atoms with Gasteiger partial charge in [-0.2, -0.15) is 0 Å². The third kappa shape index (κ3) is 6.75. The zero-order valence-corrected chi connectivity index (χ0v) is 18.5. The fraction of sp³-hybridized carbons (Fsp3) is 0.435. The van der Waals surface area contributed by atoms with Crippen LogP contribution in [0.2, 0.25) is 0 Å². The van der Waals surface area contributed by atoms with Crippen LogP contribution < -0.4 is 14.8 Å². The van der Waals surface area contributed by atoms with Crippen LogP contribution in [0, 0.1) is 5.92 Å². The first kappa shape index (κ1) is 21.7. The van der Waals surface area contributed by atoms with E-state index in [1.165, 1.54) is 0 Å². The molecule has 1 heterocycles. The molecular weight excluding hydrogens is 434 g/mol. The molecule has 0 bridgehead atoms. The summed E-state index contributed by atoms with van der Waals surface area (Å²) >= 11 is 3.43. The first-order valence-electron chi connectivity index (χ1n) is 10.1. The lowest BCUT2D eigenvalue weighted by Crippen LogP contribution is -2.16. The number of benzene rings is 2. The first-order valence-corrected chi connectivity index (χ1v) is 10.9. The van der Waals surface area contributed by atoms with Crippen LogP contribution in [0.25, 0.3) is 0 Å². The molecule has 1 aliphatic rings. The molecule has 1 amide bonds. The normalized spacial score (nSPS) is 16.1. The number of anilines is 1. The van der Waals surface area contributed by atoms with Crippen molar-refractivity contribution in [1.29, 1.82) is 0 Å². The van der Waals surface area contributed by atoms with Gasteiger partial charge in [0.25, 0.3) is 5.91 Å². The molecule has 1 atom stereocenters. The van der Waals surface area contributed by atoms with E-state index in [9.17, 15) is 4.79 Å². The largest absolute Gasteiger partial charge is 0.493 e. The molecule has 29 heavy (non-hydrogen) atoms. The van der Waals surface area contributed by atoms with Gasteiger partial charge in [-0.25, -0.2) is 0 Å². The summed E-state index contributed by atoms with van der Waals surface area (Å²) in [5, 5.41) is 2.93. The van der Waals surface area contributed by atoms with E-state index < -0.39 is 0 Å². The number of hydrogen-bond acceptors (Lipinski definition) is 4. The van der Waals surface area contributed by atoms with Gasteiger partial charge in [0.1, 0.15) is 18.1 Å². The number of amides is 1. The van der Waals surface area contributed by atoms with Gasteiger partial charge < -0.3 is 19.5 Å². The van der Waals surface area contributed by atoms with Crippen molar-refractivity contribution in [3.05, 3.63) is 52.5 Å². The Labute approximate surface area is 180 Å². The predicted octanol–water partition coefficient (Wildman–Crippen LogP) is 5.68. The van der Waals surface area contributed by atoms with E-state index in [-0.39, 0.29) is 12.0 Å². The maximum absolute atomic E-state index is 12.8. The Bertz CT molecular complexity index is 801. The van der Waals surface area contributed by atoms with Crippen molar-refractivity contribution < 1.29 is 19.0 Å². The lowest BCUT2D eigenvalue weighted by molar-refractivity contribution is 0.0679. The maximum atomic E-state index is 12.8. The predicted molar refractivity (Wildman–Crippen MR) is 118 cm³/mol. The van der Waals surface area contributed by atoms with Crippen molar-refractivity contribution in [1.82, 2.24) is 0 Å². The van der Waals surface area contributed by atoms with Crippen molar-refractivity contribution in [2.24, 2.45) is 5.92 Å². The van der Waals surface area contributed by atoms with Crippen LogP contribution in [0.4, 0.5) is 5.69 Å². The maximum Gasteiger partial charge on any atom is 0.259 e. The van der Waals surface area contributed by atoms with Gasteiger partial charge in [-0.3, -0.25) is 4.79 Å². The van der Waals surface area contributed by atoms with Gasteiger partial charge >= 0.3 is 0 Å². The molecule has 2 aromatic carbocycles. The summed E-state index contributed by atoms with van der Waals surface area (Å²) in [6.45, 7) is 6.24. The third-order valence-corrected chi connectivity index (χ3v) is 5.20. The Balaban J connectivity index is 1.59. The van der Waals surface area contributed by atoms with Crippen molar-refractivity contribution in [2.75, 3.05) is 25.1 Å². The van der Waals surface area contributed by atoms with Crippen LogP contribution >= 0.6 is 15.9 Å². The molecule has 0 aliphatic carbocycles. The third-order valence-electron chi connectivity index (χ3n) is 4.71. The van der Waals surface area contributed by atoms with E-state index in [0.717, 1.165) is 36.1 Å². The zero-order valence-electron chi connectivity index (χ0n) is 16.9. The van der Waals surface area contributed by atoms with Gasteiger partial charge in [-0.1, -0.05) is 29.8 Å². The highest BCUT2D eigenvalue weighted by Crippen LogP contribution is 2.25. The Hall–Kier alpha value is -2.05. The average Bonchev–Trinajstić information content (AvgIpc) is 3.22. The molecule has 6 heteroatoms. The van der Waals surface area contributed by atoms with Crippen molar-refractivity contribution in [2.45, 2.75) is 39.2 Å². The highest BCUT2D eigenvalue weighted by atomic mass is 79.9. The Morgan fingerprint density at radius 2 is 2.00 bits per heavy atom. The second kappa shape index (κ2) is 10.6. The number of halogens is 1. The standard InChI is InChI=1S/C23H28BrNO4/c1-16(2)11-13-28-22-10-5-17(24)14-21(22)23(26)25-18-6-8-19(9-7-18)29-15-20-4-3-12-27-20/h5-10,14,16,20H,3-4,11-13,15H2,1-2H3,(H,25,26). The van der Waals surface area contributed by atoms with Gasteiger partial charge in [0, 0.05) is 16.8 Å². The van der Waals surface area contributed by atoms with Crippen LogP contribution in [0.3, 0.4) is 0 Å². The van der Waals surface area contributed by atoms with Crippen LogP contribution in [-0.4, -0.2) is 31.8 Å². The molecule has 1 unspecified atom stereocenters. The van der Waals surface area contributed by atoms with Gasteiger partial charge in [-0.05, 0) is 67.6 Å². The molecule has 156 valence electrons. The number of rotatable bonds is 9. The van der Waals surface area contributed by atoms with Crippen molar-refractivity contribution >= 4 is 27.5 Å². The summed E-state index contributed by atoms with van der Waals surface area (Å²) in [5.74, 6) is 1.68. The number of ether oxygens (including phenoxy) is 3. The van der Waals surface area contributed by atoms with E-state index in [2.05, 4.69) is 35.1 Å². The summed E-state index contributed by atoms with van der Waals surface area (Å²) in [4.78, 5) is 12.8. The molecule has 2 aromatic rings. The molecule has 3 rings (SSSR count). The van der Waals surface area contributed by atoms with Crippen molar-refractivity contribution in [3.63, 3.8) is 0 Å². The lowest BCUT2D eigenvalue weighted by atomic mass is 10.1. The van der Waals surface area contributed by atoms with Gasteiger partial charge in [0.15, 0.2) is 0 Å². The molecular formula is C23H28BrNO4. The topological polar surface area (TPSA) is 56.8 Å². The average molecular weight is 462 g/mol. The van der Waals surface area contributed by atoms with Gasteiger partial charge in [-0.15, -0.1) is 0 Å². The Morgan fingerprint density at radius 1 is 1.21 bits per heavy atom. The lowest BCUT2D eigenvalue weighted by Gasteiger charge is -2.14. The van der Waals surface area contributed by atoms with E-state index >= 15 is 0 Å². The SMILES string of the molecule is CC(C)CCOc1ccc(Br)cc1C(=O)Nc1ccc(OCC2CCCO2)cc1. The molecule has 1 N–H and O–H groups in total. The fourth-order valence-electron chi connectivity index (χ4n) is 3.01. The Kier molecular flexibility index (Phi) is 7.95. The zero-order chi connectivity index (χ0) is 20.6. The quantitative estimate of drug-likeness (QED) is 0.521. The van der Waals surface area contributed by atoms with Crippen LogP contribution in [0.1, 0.15) is 43.5 Å². The number of carbonyl (C=O) groups is 1. The van der Waals surface area contributed by atoms with Crippen molar-refractivity contribution in [3.8, 4) is 11.5 Å². The van der Waals surface area contributed by atoms with Crippen LogP contribution in [0.15, 0.2) is 46.9 Å². The highest BCUT2D eigenvalue weighted by molar-refractivity contribution is 9.10. The van der Waals surface area contributed by atoms with E-state index in [1.54, 1.807) is 6.07 Å². The van der Waals surface area contributed by atoms with Gasteiger partial charge in [0.2, 0.25) is 0 Å². The van der Waals surface area contributed by atoms with Crippen LogP contribution in [-0.2, 0) is 4.74 Å². The minimum absolute atomic E-state index is 0.181. The summed E-state index contributed by atoms with van der Waals surface area (Å²) in [6.07, 6.45) is 3.25.